The van der Waals surface area contributed by atoms with E-state index >= 15 is 0 Å². The number of carbonyl (C=O) groups is 3. The van der Waals surface area contributed by atoms with E-state index in [9.17, 15) is 19.5 Å². The molecular weight excluding hydrogens is 316 g/mol. The molecule has 0 heterocycles. The number of hydrogen-bond acceptors (Lipinski definition) is 4. The first-order chi connectivity index (χ1) is 10.9. The Kier molecular flexibility index (Phi) is 7.60. The summed E-state index contributed by atoms with van der Waals surface area (Å²) in [5.74, 6) is -4.18. The van der Waals surface area contributed by atoms with Crippen LogP contribution in [0.3, 0.4) is 0 Å². The molecule has 2 atom stereocenters. The van der Waals surface area contributed by atoms with Crippen LogP contribution in [0.25, 0.3) is 0 Å². The number of carboxylic acid groups (broad SMARTS) is 3. The first kappa shape index (κ1) is 21.6. The van der Waals surface area contributed by atoms with Crippen LogP contribution < -0.4 is 0 Å². The van der Waals surface area contributed by atoms with Gasteiger partial charge in [0.1, 0.15) is 0 Å². The molecule has 134 valence electrons. The molecule has 0 aromatic heterocycles. The summed E-state index contributed by atoms with van der Waals surface area (Å²) in [6.07, 6.45) is 5.39. The molecule has 0 radical (unpaired) electrons. The smallest absolute Gasteiger partial charge is 0.328 e. The lowest BCUT2D eigenvalue weighted by Gasteiger charge is -2.46. The SMILES string of the molecule is CC(O)C(C)C(C)(C)C(C=CC(=O)O)(C=CC(=O)O)C=CC(=O)O. The van der Waals surface area contributed by atoms with Crippen LogP contribution in [0.15, 0.2) is 36.5 Å². The summed E-state index contributed by atoms with van der Waals surface area (Å²) < 4.78 is 0. The predicted molar refractivity (Wildman–Crippen MR) is 87.4 cm³/mol. The Morgan fingerprint density at radius 2 is 1.08 bits per heavy atom. The molecule has 7 heteroatoms. The predicted octanol–water partition coefficient (Wildman–Crippen LogP) is 1.94. The number of carboxylic acids is 3. The summed E-state index contributed by atoms with van der Waals surface area (Å²) in [5.41, 5.74) is -2.25. The lowest BCUT2D eigenvalue weighted by molar-refractivity contribution is -0.132. The summed E-state index contributed by atoms with van der Waals surface area (Å²) in [7, 11) is 0. The molecule has 0 aliphatic heterocycles. The van der Waals surface area contributed by atoms with Crippen LogP contribution in [-0.2, 0) is 14.4 Å². The van der Waals surface area contributed by atoms with Crippen LogP contribution in [0, 0.1) is 16.7 Å². The zero-order chi connectivity index (χ0) is 19.1. The maximum atomic E-state index is 10.9. The standard InChI is InChI=1S/C17H24O7/c1-11(12(2)18)16(3,4)17(8-5-13(19)20,9-6-14(21)22)10-7-15(23)24/h5-12,18H,1-4H3,(H,19,20)(H,21,22)(H,23,24). The second-order valence-electron chi connectivity index (χ2n) is 6.20. The second-order valence-corrected chi connectivity index (χ2v) is 6.20. The number of allylic oxidation sites excluding steroid dienone is 3. The Labute approximate surface area is 140 Å². The van der Waals surface area contributed by atoms with E-state index in [-0.39, 0.29) is 0 Å². The lowest BCUT2D eigenvalue weighted by atomic mass is 9.58. The summed E-state index contributed by atoms with van der Waals surface area (Å²) >= 11 is 0. The van der Waals surface area contributed by atoms with E-state index in [1.165, 1.54) is 18.2 Å². The van der Waals surface area contributed by atoms with Gasteiger partial charge in [0, 0.05) is 23.6 Å². The molecule has 4 N–H and O–H groups in total. The monoisotopic (exact) mass is 340 g/mol. The molecule has 24 heavy (non-hydrogen) atoms. The van der Waals surface area contributed by atoms with Gasteiger partial charge in [0.25, 0.3) is 0 Å². The average Bonchev–Trinajstić information content (AvgIpc) is 2.44. The van der Waals surface area contributed by atoms with Gasteiger partial charge in [0.05, 0.1) is 6.10 Å². The molecule has 7 nitrogen and oxygen atoms in total. The van der Waals surface area contributed by atoms with E-state index in [1.807, 2.05) is 0 Å². The number of aliphatic carboxylic acids is 3. The van der Waals surface area contributed by atoms with E-state index in [1.54, 1.807) is 27.7 Å². The zero-order valence-corrected chi connectivity index (χ0v) is 14.1. The fraction of sp³-hybridized carbons (Fsp3) is 0.471. The van der Waals surface area contributed by atoms with Crippen LogP contribution >= 0.6 is 0 Å². The molecule has 0 rings (SSSR count). The van der Waals surface area contributed by atoms with Crippen LogP contribution in [0.5, 0.6) is 0 Å². The van der Waals surface area contributed by atoms with Gasteiger partial charge in [0.15, 0.2) is 0 Å². The van der Waals surface area contributed by atoms with Gasteiger partial charge in [-0.15, -0.1) is 0 Å². The van der Waals surface area contributed by atoms with E-state index in [0.29, 0.717) is 0 Å². The van der Waals surface area contributed by atoms with Crippen molar-refractivity contribution in [3.63, 3.8) is 0 Å². The third-order valence-corrected chi connectivity index (χ3v) is 4.48. The summed E-state index contributed by atoms with van der Waals surface area (Å²) in [5, 5.41) is 36.7. The number of aliphatic hydroxyl groups excluding tert-OH is 1. The summed E-state index contributed by atoms with van der Waals surface area (Å²) in [4.78, 5) is 32.8. The summed E-state index contributed by atoms with van der Waals surface area (Å²) in [6.45, 7) is 6.68. The van der Waals surface area contributed by atoms with Crippen molar-refractivity contribution in [1.29, 1.82) is 0 Å². The largest absolute Gasteiger partial charge is 0.478 e. The third kappa shape index (κ3) is 5.66. The van der Waals surface area contributed by atoms with Gasteiger partial charge in [-0.2, -0.15) is 0 Å². The number of hydrogen-bond donors (Lipinski definition) is 4. The highest BCUT2D eigenvalue weighted by Gasteiger charge is 2.45. The molecule has 0 saturated heterocycles. The maximum Gasteiger partial charge on any atom is 0.328 e. The highest BCUT2D eigenvalue weighted by atomic mass is 16.4. The molecular formula is C17H24O7. The highest BCUT2D eigenvalue weighted by molar-refractivity contribution is 5.82. The lowest BCUT2D eigenvalue weighted by Crippen LogP contribution is -2.43. The molecule has 0 aliphatic carbocycles. The Balaban J connectivity index is 6.49. The van der Waals surface area contributed by atoms with Crippen LogP contribution in [0.4, 0.5) is 0 Å². The molecule has 0 bridgehead atoms. The number of aliphatic hydroxyl groups is 1. The topological polar surface area (TPSA) is 132 Å². The average molecular weight is 340 g/mol. The maximum absolute atomic E-state index is 10.9. The van der Waals surface area contributed by atoms with Gasteiger partial charge in [0.2, 0.25) is 0 Å². The quantitative estimate of drug-likeness (QED) is 0.471. The van der Waals surface area contributed by atoms with Crippen molar-refractivity contribution in [2.24, 2.45) is 16.7 Å². The van der Waals surface area contributed by atoms with Crippen molar-refractivity contribution >= 4 is 17.9 Å². The summed E-state index contributed by atoms with van der Waals surface area (Å²) in [6, 6.07) is 0. The van der Waals surface area contributed by atoms with Crippen molar-refractivity contribution in [3.8, 4) is 0 Å². The molecule has 0 aromatic carbocycles. The van der Waals surface area contributed by atoms with Crippen molar-refractivity contribution in [2.45, 2.75) is 33.8 Å². The van der Waals surface area contributed by atoms with E-state index < -0.39 is 40.8 Å². The van der Waals surface area contributed by atoms with E-state index in [2.05, 4.69) is 0 Å². The normalized spacial score (nSPS) is 17.9. The van der Waals surface area contributed by atoms with E-state index in [0.717, 1.165) is 18.2 Å². The Morgan fingerprint density at radius 1 is 0.792 bits per heavy atom. The molecule has 0 aromatic rings. The Hall–Kier alpha value is -2.41. The molecule has 0 aliphatic rings. The van der Waals surface area contributed by atoms with E-state index in [4.69, 9.17) is 15.3 Å². The van der Waals surface area contributed by atoms with Gasteiger partial charge < -0.3 is 20.4 Å². The van der Waals surface area contributed by atoms with Crippen molar-refractivity contribution in [3.05, 3.63) is 36.5 Å². The van der Waals surface area contributed by atoms with Crippen molar-refractivity contribution in [1.82, 2.24) is 0 Å². The van der Waals surface area contributed by atoms with Crippen LogP contribution in [0.1, 0.15) is 27.7 Å². The molecule has 0 amide bonds. The van der Waals surface area contributed by atoms with Gasteiger partial charge in [-0.3, -0.25) is 0 Å². The van der Waals surface area contributed by atoms with Crippen LogP contribution in [-0.4, -0.2) is 44.4 Å². The first-order valence-corrected chi connectivity index (χ1v) is 7.30. The Morgan fingerprint density at radius 3 is 1.29 bits per heavy atom. The molecule has 0 saturated carbocycles. The van der Waals surface area contributed by atoms with Gasteiger partial charge in [-0.1, -0.05) is 39.0 Å². The van der Waals surface area contributed by atoms with Crippen molar-refractivity contribution in [2.75, 3.05) is 0 Å². The zero-order valence-electron chi connectivity index (χ0n) is 14.1. The van der Waals surface area contributed by atoms with Crippen molar-refractivity contribution < 1.29 is 34.8 Å². The second kappa shape index (κ2) is 8.44. The van der Waals surface area contributed by atoms with Gasteiger partial charge in [-0.25, -0.2) is 14.4 Å². The minimum atomic E-state index is -1.35. The first-order valence-electron chi connectivity index (χ1n) is 7.30. The highest BCUT2D eigenvalue weighted by Crippen LogP contribution is 2.49. The number of rotatable bonds is 9. The van der Waals surface area contributed by atoms with Gasteiger partial charge in [-0.05, 0) is 18.3 Å². The molecule has 2 unspecified atom stereocenters. The molecule has 0 fully saturated rings. The fourth-order valence-electron chi connectivity index (χ4n) is 2.44. The minimum absolute atomic E-state index is 0.409. The third-order valence-electron chi connectivity index (χ3n) is 4.48. The Bertz CT molecular complexity index is 508. The van der Waals surface area contributed by atoms with Gasteiger partial charge >= 0.3 is 17.9 Å². The molecule has 0 spiro atoms. The fourth-order valence-corrected chi connectivity index (χ4v) is 2.44. The van der Waals surface area contributed by atoms with Crippen LogP contribution in [0.2, 0.25) is 0 Å². The minimum Gasteiger partial charge on any atom is -0.478 e.